The van der Waals surface area contributed by atoms with Crippen molar-refractivity contribution in [2.75, 3.05) is 13.7 Å². The van der Waals surface area contributed by atoms with E-state index in [2.05, 4.69) is 0 Å². The lowest BCUT2D eigenvalue weighted by Gasteiger charge is -2.36. The van der Waals surface area contributed by atoms with Gasteiger partial charge in [-0.05, 0) is 42.3 Å². The fourth-order valence-corrected chi connectivity index (χ4v) is 4.08. The lowest BCUT2D eigenvalue weighted by molar-refractivity contribution is 0.245. The van der Waals surface area contributed by atoms with Gasteiger partial charge in [0.15, 0.2) is 0 Å². The first-order valence-corrected chi connectivity index (χ1v) is 9.10. The van der Waals surface area contributed by atoms with Gasteiger partial charge in [-0.1, -0.05) is 18.2 Å². The second-order valence-electron chi connectivity index (χ2n) is 7.09. The van der Waals surface area contributed by atoms with Gasteiger partial charge in [-0.2, -0.15) is 0 Å². The first-order valence-electron chi connectivity index (χ1n) is 9.10. The number of rotatable bonds is 3. The van der Waals surface area contributed by atoms with Crippen molar-refractivity contribution < 1.29 is 24.8 Å². The van der Waals surface area contributed by atoms with Crippen molar-refractivity contribution in [3.05, 3.63) is 76.9 Å². The average molecular weight is 378 g/mol. The standard InChI is InChI=1S/C23H22O5/c1-13-9-17(26)11-21(27-2)22(13)23-18-8-7-16(25)10-20(18)28-12-19(23)14-3-5-15(24)6-4-14/h3-11,19,23-26H,12H2,1-2H3/t19-,23-/m1/s1. The molecule has 0 aliphatic carbocycles. The van der Waals surface area contributed by atoms with E-state index in [0.717, 1.165) is 22.3 Å². The van der Waals surface area contributed by atoms with Gasteiger partial charge >= 0.3 is 0 Å². The topological polar surface area (TPSA) is 79.2 Å². The van der Waals surface area contributed by atoms with Crippen LogP contribution in [0.25, 0.3) is 0 Å². The maximum atomic E-state index is 10.0. The number of phenols is 3. The van der Waals surface area contributed by atoms with Crippen molar-refractivity contribution in [2.45, 2.75) is 18.8 Å². The summed E-state index contributed by atoms with van der Waals surface area (Å²) >= 11 is 0. The van der Waals surface area contributed by atoms with Crippen LogP contribution in [0.5, 0.6) is 28.7 Å². The highest BCUT2D eigenvalue weighted by molar-refractivity contribution is 5.57. The maximum absolute atomic E-state index is 10.0. The molecule has 0 spiro atoms. The second-order valence-corrected chi connectivity index (χ2v) is 7.09. The van der Waals surface area contributed by atoms with Crippen LogP contribution >= 0.6 is 0 Å². The largest absolute Gasteiger partial charge is 0.508 e. The van der Waals surface area contributed by atoms with Crippen molar-refractivity contribution in [1.82, 2.24) is 0 Å². The molecule has 0 saturated heterocycles. The molecule has 5 heteroatoms. The van der Waals surface area contributed by atoms with Gasteiger partial charge in [-0.15, -0.1) is 0 Å². The van der Waals surface area contributed by atoms with E-state index in [4.69, 9.17) is 9.47 Å². The molecule has 1 aliphatic rings. The molecular formula is C23H22O5. The zero-order chi connectivity index (χ0) is 19.8. The normalized spacial score (nSPS) is 18.2. The van der Waals surface area contributed by atoms with Gasteiger partial charge in [0, 0.05) is 35.1 Å². The Morgan fingerprint density at radius 1 is 0.893 bits per heavy atom. The Morgan fingerprint density at radius 2 is 1.61 bits per heavy atom. The molecular weight excluding hydrogens is 356 g/mol. The number of methoxy groups -OCH3 is 1. The Bertz CT molecular complexity index is 1010. The smallest absolute Gasteiger partial charge is 0.126 e. The molecule has 3 aromatic carbocycles. The van der Waals surface area contributed by atoms with Crippen molar-refractivity contribution in [1.29, 1.82) is 0 Å². The van der Waals surface area contributed by atoms with Crippen LogP contribution in [0.15, 0.2) is 54.6 Å². The SMILES string of the molecule is COc1cc(O)cc(C)c1[C@@H]1c2ccc(O)cc2OC[C@@H]1c1ccc(O)cc1. The molecule has 144 valence electrons. The van der Waals surface area contributed by atoms with E-state index in [9.17, 15) is 15.3 Å². The molecule has 5 nitrogen and oxygen atoms in total. The monoisotopic (exact) mass is 378 g/mol. The van der Waals surface area contributed by atoms with Crippen molar-refractivity contribution in [3.63, 3.8) is 0 Å². The van der Waals surface area contributed by atoms with Crippen molar-refractivity contribution in [3.8, 4) is 28.7 Å². The molecule has 0 radical (unpaired) electrons. The fraction of sp³-hybridized carbons (Fsp3) is 0.217. The van der Waals surface area contributed by atoms with E-state index in [-0.39, 0.29) is 29.1 Å². The van der Waals surface area contributed by atoms with Crippen molar-refractivity contribution >= 4 is 0 Å². The molecule has 1 heterocycles. The van der Waals surface area contributed by atoms with Crippen LogP contribution in [0.2, 0.25) is 0 Å². The molecule has 0 aromatic heterocycles. The summed E-state index contributed by atoms with van der Waals surface area (Å²) in [6.45, 7) is 2.36. The summed E-state index contributed by atoms with van der Waals surface area (Å²) < 4.78 is 11.6. The van der Waals surface area contributed by atoms with Gasteiger partial charge in [0.25, 0.3) is 0 Å². The fourth-order valence-electron chi connectivity index (χ4n) is 4.08. The highest BCUT2D eigenvalue weighted by Gasteiger charge is 2.36. The van der Waals surface area contributed by atoms with Crippen LogP contribution in [0.3, 0.4) is 0 Å². The second kappa shape index (κ2) is 7.00. The maximum Gasteiger partial charge on any atom is 0.126 e. The zero-order valence-electron chi connectivity index (χ0n) is 15.7. The molecule has 0 unspecified atom stereocenters. The van der Waals surface area contributed by atoms with Gasteiger partial charge in [-0.3, -0.25) is 0 Å². The van der Waals surface area contributed by atoms with Crippen LogP contribution in [0.4, 0.5) is 0 Å². The third-order valence-electron chi connectivity index (χ3n) is 5.34. The van der Waals surface area contributed by atoms with Crippen LogP contribution in [-0.2, 0) is 0 Å². The molecule has 2 atom stereocenters. The molecule has 0 fully saturated rings. The summed E-state index contributed by atoms with van der Waals surface area (Å²) in [7, 11) is 1.59. The third-order valence-corrected chi connectivity index (χ3v) is 5.34. The Kier molecular flexibility index (Phi) is 4.51. The van der Waals surface area contributed by atoms with Gasteiger partial charge in [0.05, 0.1) is 13.7 Å². The summed E-state index contributed by atoms with van der Waals surface area (Å²) in [6, 6.07) is 15.6. The number of ether oxygens (including phenoxy) is 2. The van der Waals surface area contributed by atoms with E-state index in [0.29, 0.717) is 18.1 Å². The van der Waals surface area contributed by atoms with Gasteiger partial charge in [0.1, 0.15) is 28.7 Å². The minimum Gasteiger partial charge on any atom is -0.508 e. The Morgan fingerprint density at radius 3 is 2.32 bits per heavy atom. The van der Waals surface area contributed by atoms with Crippen LogP contribution in [-0.4, -0.2) is 29.0 Å². The zero-order valence-corrected chi connectivity index (χ0v) is 15.7. The molecule has 28 heavy (non-hydrogen) atoms. The number of hydrogen-bond acceptors (Lipinski definition) is 5. The summed E-state index contributed by atoms with van der Waals surface area (Å²) in [4.78, 5) is 0. The first kappa shape index (κ1) is 18.0. The summed E-state index contributed by atoms with van der Waals surface area (Å²) in [5.74, 6) is 1.61. The van der Waals surface area contributed by atoms with Gasteiger partial charge in [0.2, 0.25) is 0 Å². The number of aryl methyl sites for hydroxylation is 1. The van der Waals surface area contributed by atoms with Gasteiger partial charge in [-0.25, -0.2) is 0 Å². The molecule has 0 bridgehead atoms. The van der Waals surface area contributed by atoms with E-state index >= 15 is 0 Å². The molecule has 3 aromatic rings. The van der Waals surface area contributed by atoms with E-state index in [1.807, 2.05) is 25.1 Å². The highest BCUT2D eigenvalue weighted by atomic mass is 16.5. The molecule has 1 aliphatic heterocycles. The van der Waals surface area contributed by atoms with E-state index < -0.39 is 0 Å². The average Bonchev–Trinajstić information content (AvgIpc) is 2.67. The lowest BCUT2D eigenvalue weighted by Crippen LogP contribution is -2.26. The quantitative estimate of drug-likeness (QED) is 0.628. The summed E-state index contributed by atoms with van der Waals surface area (Å²) in [5, 5.41) is 29.6. The highest BCUT2D eigenvalue weighted by Crippen LogP contribution is 2.50. The Balaban J connectivity index is 1.94. The number of fused-ring (bicyclic) bond motifs is 1. The Hall–Kier alpha value is -3.34. The third kappa shape index (κ3) is 3.09. The summed E-state index contributed by atoms with van der Waals surface area (Å²) in [6.07, 6.45) is 0. The van der Waals surface area contributed by atoms with Crippen LogP contribution in [0.1, 0.15) is 34.1 Å². The van der Waals surface area contributed by atoms with Gasteiger partial charge < -0.3 is 24.8 Å². The Labute approximate surface area is 163 Å². The predicted octanol–water partition coefficient (Wildman–Crippen LogP) is 4.43. The number of hydrogen-bond donors (Lipinski definition) is 3. The number of benzene rings is 3. The van der Waals surface area contributed by atoms with Crippen LogP contribution in [0, 0.1) is 6.92 Å². The molecule has 3 N–H and O–H groups in total. The van der Waals surface area contributed by atoms with Crippen LogP contribution < -0.4 is 9.47 Å². The predicted molar refractivity (Wildman–Crippen MR) is 106 cm³/mol. The molecule has 4 rings (SSSR count). The molecule has 0 saturated carbocycles. The minimum absolute atomic E-state index is 0.0326. The first-order chi connectivity index (χ1) is 13.5. The number of phenolic OH excluding ortho intramolecular Hbond substituents is 3. The lowest BCUT2D eigenvalue weighted by atomic mass is 9.74. The summed E-state index contributed by atoms with van der Waals surface area (Å²) in [5.41, 5.74) is 3.84. The molecule has 0 amide bonds. The van der Waals surface area contributed by atoms with E-state index in [1.165, 1.54) is 0 Å². The van der Waals surface area contributed by atoms with Crippen molar-refractivity contribution in [2.24, 2.45) is 0 Å². The van der Waals surface area contributed by atoms with E-state index in [1.54, 1.807) is 43.5 Å². The minimum atomic E-state index is -0.107. The number of aromatic hydroxyl groups is 3.